The lowest BCUT2D eigenvalue weighted by Crippen LogP contribution is -2.32. The second-order valence-corrected chi connectivity index (χ2v) is 6.72. The number of ether oxygens (including phenoxy) is 2. The molecule has 0 spiro atoms. The second kappa shape index (κ2) is 9.28. The van der Waals surface area contributed by atoms with Crippen LogP contribution in [0.1, 0.15) is 27.3 Å². The second-order valence-electron chi connectivity index (χ2n) is 6.72. The van der Waals surface area contributed by atoms with Gasteiger partial charge in [0.05, 0.1) is 19.7 Å². The summed E-state index contributed by atoms with van der Waals surface area (Å²) in [5.41, 5.74) is 4.02. The van der Waals surface area contributed by atoms with Crippen LogP contribution in [0.5, 0.6) is 11.5 Å². The number of rotatable bonds is 4. The average Bonchev–Trinajstić information content (AvgIpc) is 3.22. The first-order valence-electron chi connectivity index (χ1n) is 9.47. The highest BCUT2D eigenvalue weighted by Crippen LogP contribution is 2.39. The molecule has 4 rings (SSSR count). The molecule has 0 atom stereocenters. The highest BCUT2D eigenvalue weighted by molar-refractivity contribution is 5.96. The van der Waals surface area contributed by atoms with Crippen molar-refractivity contribution in [3.8, 4) is 11.5 Å². The number of anilines is 1. The summed E-state index contributed by atoms with van der Waals surface area (Å²) >= 11 is 0. The minimum Gasteiger partial charge on any atom is -0.493 e. The maximum atomic E-state index is 12.1. The molecule has 2 aromatic heterocycles. The monoisotopic (exact) mass is 428 g/mol. The van der Waals surface area contributed by atoms with E-state index in [0.29, 0.717) is 23.7 Å². The number of hydrogen-bond donors (Lipinski definition) is 3. The standard InChI is InChI=1S/C19H22N6O3.CH2O2/c1-10-15-11(7-14(27-3)17(10)28-4)18(22-9-21-15)25-6-5-13-12(8-25)16(24-23-13)19(26)20-2;2-1-3/h7,9H,5-6,8H2,1-4H3,(H,20,26)(H,23,24);1H,(H,2,3). The number of fused-ring (bicyclic) bond motifs is 2. The van der Waals surface area contributed by atoms with Gasteiger partial charge in [0.15, 0.2) is 17.2 Å². The predicted molar refractivity (Wildman–Crippen MR) is 113 cm³/mol. The van der Waals surface area contributed by atoms with E-state index in [-0.39, 0.29) is 12.4 Å². The Morgan fingerprint density at radius 2 is 2.06 bits per heavy atom. The largest absolute Gasteiger partial charge is 0.493 e. The van der Waals surface area contributed by atoms with Crippen LogP contribution in [0.4, 0.5) is 5.82 Å². The molecular formula is C20H24N6O5. The van der Waals surface area contributed by atoms with Crippen LogP contribution in [0.2, 0.25) is 0 Å². The topological polar surface area (TPSA) is 143 Å². The number of benzene rings is 1. The van der Waals surface area contributed by atoms with Crippen molar-refractivity contribution in [3.05, 3.63) is 34.9 Å². The summed E-state index contributed by atoms with van der Waals surface area (Å²) < 4.78 is 11.0. The first-order chi connectivity index (χ1) is 15.0. The van der Waals surface area contributed by atoms with Crippen LogP contribution in [0.15, 0.2) is 12.4 Å². The van der Waals surface area contributed by atoms with E-state index in [4.69, 9.17) is 19.4 Å². The van der Waals surface area contributed by atoms with Crippen molar-refractivity contribution in [3.63, 3.8) is 0 Å². The van der Waals surface area contributed by atoms with E-state index in [0.717, 1.165) is 46.5 Å². The van der Waals surface area contributed by atoms with E-state index < -0.39 is 0 Å². The van der Waals surface area contributed by atoms with Gasteiger partial charge in [-0.15, -0.1) is 0 Å². The van der Waals surface area contributed by atoms with Crippen molar-refractivity contribution >= 4 is 29.1 Å². The molecule has 0 radical (unpaired) electrons. The zero-order chi connectivity index (χ0) is 22.5. The van der Waals surface area contributed by atoms with E-state index in [1.807, 2.05) is 13.0 Å². The van der Waals surface area contributed by atoms with Crippen LogP contribution in [0.25, 0.3) is 10.9 Å². The minimum absolute atomic E-state index is 0.200. The molecule has 1 aliphatic heterocycles. The fourth-order valence-electron chi connectivity index (χ4n) is 3.75. The van der Waals surface area contributed by atoms with E-state index in [1.165, 1.54) is 0 Å². The number of carbonyl (C=O) groups is 2. The van der Waals surface area contributed by atoms with Crippen LogP contribution < -0.4 is 19.7 Å². The maximum Gasteiger partial charge on any atom is 0.290 e. The number of carboxylic acid groups (broad SMARTS) is 1. The molecular weight excluding hydrogens is 404 g/mol. The summed E-state index contributed by atoms with van der Waals surface area (Å²) in [5, 5.41) is 17.6. The Labute approximate surface area is 178 Å². The molecule has 0 unspecified atom stereocenters. The van der Waals surface area contributed by atoms with Crippen molar-refractivity contribution in [2.75, 3.05) is 32.7 Å². The summed E-state index contributed by atoms with van der Waals surface area (Å²) in [6.45, 7) is 2.99. The third-order valence-corrected chi connectivity index (χ3v) is 5.16. The number of methoxy groups -OCH3 is 2. The zero-order valence-corrected chi connectivity index (χ0v) is 17.7. The van der Waals surface area contributed by atoms with Crippen LogP contribution in [0, 0.1) is 6.92 Å². The quantitative estimate of drug-likeness (QED) is 0.524. The summed E-state index contributed by atoms with van der Waals surface area (Å²) in [4.78, 5) is 31.6. The highest BCUT2D eigenvalue weighted by Gasteiger charge is 2.27. The molecule has 11 nitrogen and oxygen atoms in total. The van der Waals surface area contributed by atoms with Gasteiger partial charge in [0.25, 0.3) is 12.4 Å². The van der Waals surface area contributed by atoms with E-state index in [1.54, 1.807) is 27.6 Å². The molecule has 0 saturated carbocycles. The van der Waals surface area contributed by atoms with Crippen molar-refractivity contribution in [1.82, 2.24) is 25.5 Å². The molecule has 0 bridgehead atoms. The van der Waals surface area contributed by atoms with Gasteiger partial charge in [0, 0.05) is 48.8 Å². The minimum atomic E-state index is -0.250. The summed E-state index contributed by atoms with van der Waals surface area (Å²) in [6.07, 6.45) is 2.30. The number of H-pyrrole nitrogens is 1. The Morgan fingerprint density at radius 3 is 2.71 bits per heavy atom. The van der Waals surface area contributed by atoms with Crippen LogP contribution in [0.3, 0.4) is 0 Å². The van der Waals surface area contributed by atoms with Gasteiger partial charge in [-0.05, 0) is 13.0 Å². The Kier molecular flexibility index (Phi) is 6.53. The molecule has 1 aromatic carbocycles. The summed E-state index contributed by atoms with van der Waals surface area (Å²) in [6, 6.07) is 1.90. The number of amides is 1. The Balaban J connectivity index is 0.000000858. The number of aromatic amines is 1. The first-order valence-corrected chi connectivity index (χ1v) is 9.47. The lowest BCUT2D eigenvalue weighted by Gasteiger charge is -2.29. The molecule has 1 aliphatic rings. The molecule has 164 valence electrons. The summed E-state index contributed by atoms with van der Waals surface area (Å²) in [5.74, 6) is 1.89. The van der Waals surface area contributed by atoms with Crippen molar-refractivity contribution < 1.29 is 24.2 Å². The van der Waals surface area contributed by atoms with Gasteiger partial charge >= 0.3 is 0 Å². The first kappa shape index (κ1) is 21.8. The molecule has 11 heteroatoms. The zero-order valence-electron chi connectivity index (χ0n) is 17.7. The molecule has 3 aromatic rings. The lowest BCUT2D eigenvalue weighted by atomic mass is 10.0. The molecule has 0 aliphatic carbocycles. The molecule has 3 heterocycles. The lowest BCUT2D eigenvalue weighted by molar-refractivity contribution is -0.122. The van der Waals surface area contributed by atoms with Gasteiger partial charge in [0.2, 0.25) is 0 Å². The van der Waals surface area contributed by atoms with Gasteiger partial charge in [-0.3, -0.25) is 14.7 Å². The number of nitrogens with one attached hydrogen (secondary N) is 2. The smallest absolute Gasteiger partial charge is 0.290 e. The maximum absolute atomic E-state index is 12.1. The Hall–Kier alpha value is -3.89. The van der Waals surface area contributed by atoms with Crippen molar-refractivity contribution in [2.24, 2.45) is 0 Å². The van der Waals surface area contributed by atoms with Crippen LogP contribution in [-0.4, -0.2) is 65.5 Å². The number of carbonyl (C=O) groups excluding carboxylic acids is 1. The molecule has 3 N–H and O–H groups in total. The highest BCUT2D eigenvalue weighted by atomic mass is 16.5. The number of aryl methyl sites for hydroxylation is 1. The molecule has 31 heavy (non-hydrogen) atoms. The van der Waals surface area contributed by atoms with Crippen molar-refractivity contribution in [2.45, 2.75) is 19.9 Å². The van der Waals surface area contributed by atoms with Gasteiger partial charge in [-0.2, -0.15) is 5.10 Å². The normalized spacial score (nSPS) is 12.5. The summed E-state index contributed by atoms with van der Waals surface area (Å²) in [7, 11) is 4.83. The van der Waals surface area contributed by atoms with Crippen LogP contribution >= 0.6 is 0 Å². The third kappa shape index (κ3) is 3.93. The Morgan fingerprint density at radius 1 is 1.32 bits per heavy atom. The fraction of sp³-hybridized carbons (Fsp3) is 0.350. The van der Waals surface area contributed by atoms with Gasteiger partial charge in [0.1, 0.15) is 12.1 Å². The Bertz CT molecular complexity index is 1110. The number of hydrogen-bond acceptors (Lipinski definition) is 8. The van der Waals surface area contributed by atoms with Gasteiger partial charge < -0.3 is 24.8 Å². The van der Waals surface area contributed by atoms with E-state index in [9.17, 15) is 4.79 Å². The molecule has 0 fully saturated rings. The average molecular weight is 428 g/mol. The van der Waals surface area contributed by atoms with Crippen LogP contribution in [-0.2, 0) is 17.8 Å². The van der Waals surface area contributed by atoms with E-state index >= 15 is 0 Å². The number of nitrogens with zero attached hydrogens (tertiary/aromatic N) is 4. The number of aromatic nitrogens is 4. The fourth-order valence-corrected chi connectivity index (χ4v) is 3.75. The van der Waals surface area contributed by atoms with Gasteiger partial charge in [-0.25, -0.2) is 9.97 Å². The predicted octanol–water partition coefficient (Wildman–Crippen LogP) is 1.30. The van der Waals surface area contributed by atoms with Gasteiger partial charge in [-0.1, -0.05) is 0 Å². The SMILES string of the molecule is CNC(=O)c1n[nH]c2c1CN(c1ncnc3c(C)c(OC)c(OC)cc13)CC2.O=CO. The molecule has 1 amide bonds. The van der Waals surface area contributed by atoms with Crippen molar-refractivity contribution in [1.29, 1.82) is 0 Å². The van der Waals surface area contributed by atoms with E-state index in [2.05, 4.69) is 30.4 Å². The molecule has 0 saturated heterocycles. The third-order valence-electron chi connectivity index (χ3n) is 5.16.